The van der Waals surface area contributed by atoms with Crippen LogP contribution in [0.15, 0.2) is 10.9 Å². The maximum Gasteiger partial charge on any atom is 0.249 e. The van der Waals surface area contributed by atoms with E-state index in [-0.39, 0.29) is 17.5 Å². The third-order valence-electron chi connectivity index (χ3n) is 5.27. The predicted molar refractivity (Wildman–Crippen MR) is 87.9 cm³/mol. The number of aromatic nitrogens is 4. The van der Waals surface area contributed by atoms with Crippen molar-refractivity contribution in [1.82, 2.24) is 25.0 Å². The molecule has 2 aromatic rings. The van der Waals surface area contributed by atoms with E-state index in [1.165, 1.54) is 11.4 Å². The van der Waals surface area contributed by atoms with E-state index in [0.29, 0.717) is 5.89 Å². The van der Waals surface area contributed by atoms with Gasteiger partial charge in [0.05, 0.1) is 17.6 Å². The van der Waals surface area contributed by atoms with Gasteiger partial charge in [0.1, 0.15) is 6.04 Å². The van der Waals surface area contributed by atoms with Gasteiger partial charge in [0.15, 0.2) is 5.82 Å². The van der Waals surface area contributed by atoms with Crippen LogP contribution in [0.1, 0.15) is 68.7 Å². The van der Waals surface area contributed by atoms with Gasteiger partial charge in [0.2, 0.25) is 5.89 Å². The fourth-order valence-electron chi connectivity index (χ4n) is 3.78. The zero-order chi connectivity index (χ0) is 16.7. The first-order valence-corrected chi connectivity index (χ1v) is 8.83. The van der Waals surface area contributed by atoms with Crippen molar-refractivity contribution >= 4 is 0 Å². The Bertz CT molecular complexity index is 714. The molecule has 1 N–H and O–H groups in total. The van der Waals surface area contributed by atoms with Crippen LogP contribution in [0.3, 0.4) is 0 Å². The maximum atomic E-state index is 5.55. The number of nitrogens with zero attached hydrogens (tertiary/aromatic N) is 4. The largest absolute Gasteiger partial charge is 0.381 e. The molecule has 1 spiro atoms. The Morgan fingerprint density at radius 2 is 2.04 bits per heavy atom. The fraction of sp³-hybridized carbons (Fsp3) is 0.706. The summed E-state index contributed by atoms with van der Waals surface area (Å²) in [6.45, 7) is 8.77. The Morgan fingerprint density at radius 1 is 1.25 bits per heavy atom. The van der Waals surface area contributed by atoms with Crippen LogP contribution < -0.4 is 5.32 Å². The molecule has 0 amide bonds. The third kappa shape index (κ3) is 2.46. The van der Waals surface area contributed by atoms with E-state index in [9.17, 15) is 0 Å². The smallest absolute Gasteiger partial charge is 0.249 e. The Hall–Kier alpha value is -1.73. The summed E-state index contributed by atoms with van der Waals surface area (Å²) in [4.78, 5) is 9.33. The van der Waals surface area contributed by atoms with E-state index < -0.39 is 0 Å². The molecular formula is C17H25N5O2. The maximum absolute atomic E-state index is 5.55. The Balaban J connectivity index is 1.67. The highest BCUT2D eigenvalue weighted by atomic mass is 16.5. The van der Waals surface area contributed by atoms with E-state index in [4.69, 9.17) is 14.2 Å². The molecule has 0 aromatic carbocycles. The molecule has 0 aliphatic carbocycles. The summed E-state index contributed by atoms with van der Waals surface area (Å²) in [5.74, 6) is 1.67. The van der Waals surface area contributed by atoms with Gasteiger partial charge in [0.25, 0.3) is 0 Å². The van der Waals surface area contributed by atoms with Crippen molar-refractivity contribution in [3.63, 3.8) is 0 Å². The van der Waals surface area contributed by atoms with E-state index >= 15 is 0 Å². The zero-order valence-electron chi connectivity index (χ0n) is 14.6. The highest BCUT2D eigenvalue weighted by Crippen LogP contribution is 2.37. The number of fused-ring (bicyclic) bond motifs is 2. The van der Waals surface area contributed by atoms with Crippen LogP contribution in [-0.2, 0) is 16.7 Å². The van der Waals surface area contributed by atoms with Gasteiger partial charge in [-0.3, -0.25) is 0 Å². The van der Waals surface area contributed by atoms with E-state index in [1.807, 2.05) is 6.33 Å². The predicted octanol–water partition coefficient (Wildman–Crippen LogP) is 2.15. The average molecular weight is 331 g/mol. The molecule has 0 bridgehead atoms. The number of rotatable bonds is 3. The molecule has 7 nitrogen and oxygen atoms in total. The van der Waals surface area contributed by atoms with E-state index in [0.717, 1.165) is 44.8 Å². The van der Waals surface area contributed by atoms with Gasteiger partial charge >= 0.3 is 0 Å². The third-order valence-corrected chi connectivity index (χ3v) is 5.27. The minimum atomic E-state index is -0.0330. The van der Waals surface area contributed by atoms with Crippen LogP contribution in [0.25, 0.3) is 0 Å². The van der Waals surface area contributed by atoms with Gasteiger partial charge in [-0.2, -0.15) is 4.98 Å². The quantitative estimate of drug-likeness (QED) is 0.928. The van der Waals surface area contributed by atoms with Gasteiger partial charge in [-0.05, 0) is 19.8 Å². The van der Waals surface area contributed by atoms with Crippen LogP contribution in [0.4, 0.5) is 0 Å². The van der Waals surface area contributed by atoms with Crippen LogP contribution >= 0.6 is 0 Å². The Kier molecular flexibility index (Phi) is 3.92. The summed E-state index contributed by atoms with van der Waals surface area (Å²) in [7, 11) is 0. The highest BCUT2D eigenvalue weighted by molar-refractivity contribution is 5.28. The summed E-state index contributed by atoms with van der Waals surface area (Å²) in [6.07, 6.45) is 4.85. The average Bonchev–Trinajstić information content (AvgIpc) is 3.23. The summed E-state index contributed by atoms with van der Waals surface area (Å²) in [5, 5.41) is 7.79. The number of ether oxygens (including phenoxy) is 1. The molecule has 4 rings (SSSR count). The lowest BCUT2D eigenvalue weighted by Gasteiger charge is -2.40. The topological polar surface area (TPSA) is 78.0 Å². The van der Waals surface area contributed by atoms with Crippen molar-refractivity contribution in [2.45, 2.75) is 57.5 Å². The molecule has 1 fully saturated rings. The van der Waals surface area contributed by atoms with Gasteiger partial charge in [-0.25, -0.2) is 4.98 Å². The first-order valence-electron chi connectivity index (χ1n) is 8.83. The standard InChI is InChI=1S/C17H25N5O2/c1-11(2)15-20-16(24-21-15)12(3)22-10-18-14-13(22)4-7-19-17(14)5-8-23-9-6-17/h10-12,19H,4-9H2,1-3H3. The Labute approximate surface area is 141 Å². The van der Waals surface area contributed by atoms with Crippen LogP contribution in [0.2, 0.25) is 0 Å². The molecule has 24 heavy (non-hydrogen) atoms. The molecule has 4 heterocycles. The zero-order valence-corrected chi connectivity index (χ0v) is 14.6. The van der Waals surface area contributed by atoms with Gasteiger partial charge < -0.3 is 19.1 Å². The fourth-order valence-corrected chi connectivity index (χ4v) is 3.78. The van der Waals surface area contributed by atoms with Crippen molar-refractivity contribution in [3.8, 4) is 0 Å². The molecule has 0 radical (unpaired) electrons. The van der Waals surface area contributed by atoms with E-state index in [2.05, 4.69) is 40.8 Å². The van der Waals surface area contributed by atoms with Crippen LogP contribution in [-0.4, -0.2) is 39.5 Å². The SMILES string of the molecule is CC(C)c1noc(C(C)n2cnc3c2CCNC32CCOCC2)n1. The molecule has 2 aliphatic rings. The second-order valence-electron chi connectivity index (χ2n) is 7.14. The molecule has 1 atom stereocenters. The van der Waals surface area contributed by atoms with Crippen molar-refractivity contribution < 1.29 is 9.26 Å². The molecule has 7 heteroatoms. The highest BCUT2D eigenvalue weighted by Gasteiger charge is 2.41. The molecule has 0 saturated carbocycles. The van der Waals surface area contributed by atoms with Crippen LogP contribution in [0.5, 0.6) is 0 Å². The summed E-state index contributed by atoms with van der Waals surface area (Å²) in [6, 6.07) is -0.00348. The lowest BCUT2D eigenvalue weighted by atomic mass is 9.82. The number of hydrogen-bond donors (Lipinski definition) is 1. The minimum absolute atomic E-state index is 0.00348. The second-order valence-corrected chi connectivity index (χ2v) is 7.14. The summed E-state index contributed by atoms with van der Waals surface area (Å²) in [5.41, 5.74) is 2.43. The van der Waals surface area contributed by atoms with Gasteiger partial charge in [-0.1, -0.05) is 19.0 Å². The first-order chi connectivity index (χ1) is 11.6. The molecule has 2 aromatic heterocycles. The van der Waals surface area contributed by atoms with Crippen molar-refractivity contribution in [2.24, 2.45) is 0 Å². The second kappa shape index (κ2) is 5.97. The van der Waals surface area contributed by atoms with Crippen molar-refractivity contribution in [2.75, 3.05) is 19.8 Å². The van der Waals surface area contributed by atoms with Crippen molar-refractivity contribution in [3.05, 3.63) is 29.4 Å². The molecule has 1 unspecified atom stereocenters. The Morgan fingerprint density at radius 3 is 2.75 bits per heavy atom. The minimum Gasteiger partial charge on any atom is -0.381 e. The monoisotopic (exact) mass is 331 g/mol. The number of nitrogens with one attached hydrogen (secondary N) is 1. The lowest BCUT2D eigenvalue weighted by Crippen LogP contribution is -2.51. The van der Waals surface area contributed by atoms with Gasteiger partial charge in [0, 0.05) is 37.8 Å². The lowest BCUT2D eigenvalue weighted by molar-refractivity contribution is 0.0322. The van der Waals surface area contributed by atoms with Gasteiger partial charge in [-0.15, -0.1) is 0 Å². The summed E-state index contributed by atoms with van der Waals surface area (Å²) < 4.78 is 13.2. The molecule has 1 saturated heterocycles. The number of hydrogen-bond acceptors (Lipinski definition) is 6. The van der Waals surface area contributed by atoms with E-state index in [1.54, 1.807) is 0 Å². The van der Waals surface area contributed by atoms with Crippen LogP contribution in [0, 0.1) is 0 Å². The molecule has 130 valence electrons. The normalized spacial score (nSPS) is 21.2. The summed E-state index contributed by atoms with van der Waals surface area (Å²) >= 11 is 0. The molecular weight excluding hydrogens is 306 g/mol. The molecule has 2 aliphatic heterocycles. The number of imidazole rings is 1. The first kappa shape index (κ1) is 15.8. The van der Waals surface area contributed by atoms with Crippen molar-refractivity contribution in [1.29, 1.82) is 0 Å².